The number of ether oxygens (including phenoxy) is 7. The van der Waals surface area contributed by atoms with Crippen molar-refractivity contribution in [1.82, 2.24) is 0 Å². The average molecular weight is 790 g/mol. The molecule has 0 fully saturated rings. The van der Waals surface area contributed by atoms with Crippen molar-refractivity contribution in [1.29, 1.82) is 0 Å². The fraction of sp³-hybridized carbons (Fsp3) is 0.388. The van der Waals surface area contributed by atoms with Gasteiger partial charge in [0.05, 0.1) is 90.4 Å². The molecular formula is C49H59NO8. The smallest absolute Gasteiger partial charge is 0.142 e. The van der Waals surface area contributed by atoms with Crippen LogP contribution < -0.4 is 9.64 Å². The van der Waals surface area contributed by atoms with E-state index in [1.807, 2.05) is 0 Å². The van der Waals surface area contributed by atoms with Crippen LogP contribution in [0.4, 0.5) is 5.69 Å². The van der Waals surface area contributed by atoms with E-state index in [1.165, 1.54) is 44.5 Å². The number of anilines is 1. The summed E-state index contributed by atoms with van der Waals surface area (Å²) in [7, 11) is 5.79. The predicted molar refractivity (Wildman–Crippen MR) is 230 cm³/mol. The molecule has 0 saturated heterocycles. The highest BCUT2D eigenvalue weighted by molar-refractivity contribution is 5.89. The van der Waals surface area contributed by atoms with Gasteiger partial charge in [0.25, 0.3) is 0 Å². The summed E-state index contributed by atoms with van der Waals surface area (Å²) in [6, 6.07) is 38.0. The van der Waals surface area contributed by atoms with Crippen molar-refractivity contribution in [2.24, 2.45) is 0 Å². The minimum atomic E-state index is -0.632. The highest BCUT2D eigenvalue weighted by atomic mass is 16.6. The molecule has 0 aromatic heterocycles. The van der Waals surface area contributed by atoms with Gasteiger partial charge in [-0.2, -0.15) is 0 Å². The molecule has 0 saturated carbocycles. The lowest BCUT2D eigenvalue weighted by Gasteiger charge is -2.35. The van der Waals surface area contributed by atoms with Gasteiger partial charge in [0.15, 0.2) is 0 Å². The van der Waals surface area contributed by atoms with Gasteiger partial charge < -0.3 is 43.2 Å². The first-order valence-electron chi connectivity index (χ1n) is 20.2. The Kier molecular flexibility index (Phi) is 15.9. The highest BCUT2D eigenvalue weighted by Crippen LogP contribution is 2.58. The summed E-state index contributed by atoms with van der Waals surface area (Å²) in [5.41, 5.74) is 13.5. The molecule has 0 aliphatic heterocycles. The van der Waals surface area contributed by atoms with Crippen LogP contribution in [-0.4, -0.2) is 106 Å². The topological polar surface area (TPSA) is 88.1 Å². The van der Waals surface area contributed by atoms with Gasteiger partial charge in [0.1, 0.15) is 12.4 Å². The zero-order valence-electron chi connectivity index (χ0n) is 34.8. The number of aliphatic hydroxyl groups excluding tert-OH is 1. The van der Waals surface area contributed by atoms with Gasteiger partial charge in [-0.1, -0.05) is 90.5 Å². The lowest BCUT2D eigenvalue weighted by molar-refractivity contribution is 0.00444. The number of methoxy groups -OCH3 is 1. The van der Waals surface area contributed by atoms with E-state index in [0.717, 1.165) is 28.1 Å². The standard InChI is InChI=1S/C49H59NO8/c1-36-11-16-43-44-17-13-39(38-9-7-6-8-10-38)33-46(44)49(45(43)31-36,41-14-12-40(37(2)32-41)35-57-28-27-55-24-23-53-20-19-51)42-15-18-48(47(34-42)50(3)4)58-30-29-56-26-25-54-22-21-52-5/h6-18,31-34,51H,19-30,35H2,1-5H3. The van der Waals surface area contributed by atoms with Gasteiger partial charge in [-0.25, -0.2) is 0 Å². The molecule has 0 amide bonds. The van der Waals surface area contributed by atoms with E-state index in [4.69, 9.17) is 38.3 Å². The molecule has 1 aliphatic rings. The van der Waals surface area contributed by atoms with Crippen LogP contribution in [0.3, 0.4) is 0 Å². The van der Waals surface area contributed by atoms with E-state index in [2.05, 4.69) is 136 Å². The van der Waals surface area contributed by atoms with Crippen molar-refractivity contribution in [3.05, 3.63) is 142 Å². The summed E-state index contributed by atoms with van der Waals surface area (Å²) < 4.78 is 39.8. The average Bonchev–Trinajstić information content (AvgIpc) is 3.52. The largest absolute Gasteiger partial charge is 0.489 e. The fourth-order valence-electron chi connectivity index (χ4n) is 7.71. The molecule has 1 aliphatic carbocycles. The van der Waals surface area contributed by atoms with Gasteiger partial charge in [0, 0.05) is 21.2 Å². The molecule has 9 heteroatoms. The van der Waals surface area contributed by atoms with Crippen molar-refractivity contribution < 1.29 is 38.3 Å². The van der Waals surface area contributed by atoms with E-state index in [9.17, 15) is 0 Å². The zero-order chi connectivity index (χ0) is 40.7. The highest BCUT2D eigenvalue weighted by Gasteiger charge is 2.47. The summed E-state index contributed by atoms with van der Waals surface area (Å²) in [5.74, 6) is 0.801. The summed E-state index contributed by atoms with van der Waals surface area (Å²) in [6.45, 7) is 10.1. The van der Waals surface area contributed by atoms with Crippen LogP contribution in [0.1, 0.15) is 38.9 Å². The summed E-state index contributed by atoms with van der Waals surface area (Å²) >= 11 is 0. The van der Waals surface area contributed by atoms with Crippen LogP contribution in [0, 0.1) is 13.8 Å². The Labute approximate surface area is 344 Å². The van der Waals surface area contributed by atoms with Gasteiger partial charge in [-0.15, -0.1) is 0 Å². The normalized spacial score (nSPS) is 14.4. The molecule has 1 unspecified atom stereocenters. The Hall–Kier alpha value is -4.58. The predicted octanol–water partition coefficient (Wildman–Crippen LogP) is 8.00. The maximum absolute atomic E-state index is 8.88. The van der Waals surface area contributed by atoms with Gasteiger partial charge >= 0.3 is 0 Å². The van der Waals surface area contributed by atoms with E-state index in [0.29, 0.717) is 79.3 Å². The molecule has 58 heavy (non-hydrogen) atoms. The zero-order valence-corrected chi connectivity index (χ0v) is 34.8. The van der Waals surface area contributed by atoms with Crippen molar-refractivity contribution in [3.63, 3.8) is 0 Å². The van der Waals surface area contributed by atoms with Crippen LogP contribution >= 0.6 is 0 Å². The van der Waals surface area contributed by atoms with Crippen molar-refractivity contribution in [3.8, 4) is 28.0 Å². The van der Waals surface area contributed by atoms with E-state index in [-0.39, 0.29) is 6.61 Å². The molecule has 0 heterocycles. The maximum Gasteiger partial charge on any atom is 0.142 e. The summed E-state index contributed by atoms with van der Waals surface area (Å²) in [6.07, 6.45) is 0. The third-order valence-electron chi connectivity index (χ3n) is 10.6. The number of benzene rings is 5. The minimum Gasteiger partial charge on any atom is -0.489 e. The number of hydrogen-bond donors (Lipinski definition) is 1. The summed E-state index contributed by atoms with van der Waals surface area (Å²) in [4.78, 5) is 2.13. The molecule has 1 N–H and O–H groups in total. The Morgan fingerprint density at radius 1 is 0.552 bits per heavy atom. The van der Waals surface area contributed by atoms with E-state index in [1.54, 1.807) is 7.11 Å². The van der Waals surface area contributed by atoms with E-state index >= 15 is 0 Å². The van der Waals surface area contributed by atoms with Crippen LogP contribution in [0.5, 0.6) is 5.75 Å². The van der Waals surface area contributed by atoms with E-state index < -0.39 is 5.41 Å². The second kappa shape index (κ2) is 21.4. The molecular weight excluding hydrogens is 731 g/mol. The van der Waals surface area contributed by atoms with Crippen molar-refractivity contribution in [2.75, 3.05) is 105 Å². The molecule has 0 spiro atoms. The number of rotatable bonds is 24. The third kappa shape index (κ3) is 10.2. The van der Waals surface area contributed by atoms with Crippen LogP contribution in [-0.2, 0) is 40.4 Å². The Morgan fingerprint density at radius 3 is 1.83 bits per heavy atom. The fourth-order valence-corrected chi connectivity index (χ4v) is 7.71. The van der Waals surface area contributed by atoms with Crippen LogP contribution in [0.2, 0.25) is 0 Å². The molecule has 0 radical (unpaired) electrons. The number of aliphatic hydroxyl groups is 1. The van der Waals surface area contributed by atoms with Gasteiger partial charge in [-0.05, 0) is 87.7 Å². The molecule has 9 nitrogen and oxygen atoms in total. The third-order valence-corrected chi connectivity index (χ3v) is 10.6. The Balaban J connectivity index is 1.36. The quantitative estimate of drug-likeness (QED) is 0.0614. The number of hydrogen-bond acceptors (Lipinski definition) is 9. The second-order valence-corrected chi connectivity index (χ2v) is 14.7. The van der Waals surface area contributed by atoms with Crippen LogP contribution in [0.15, 0.2) is 103 Å². The lowest BCUT2D eigenvalue weighted by atomic mass is 9.66. The number of fused-ring (bicyclic) bond motifs is 3. The number of nitrogens with zero attached hydrogens (tertiary/aromatic N) is 1. The molecule has 0 bridgehead atoms. The van der Waals surface area contributed by atoms with Gasteiger partial charge in [-0.3, -0.25) is 0 Å². The lowest BCUT2D eigenvalue weighted by Crippen LogP contribution is -2.29. The molecule has 5 aromatic rings. The van der Waals surface area contributed by atoms with Gasteiger partial charge in [0.2, 0.25) is 0 Å². The van der Waals surface area contributed by atoms with Crippen LogP contribution in [0.25, 0.3) is 22.3 Å². The first kappa shape index (κ1) is 43.0. The minimum absolute atomic E-state index is 0.0123. The molecule has 1 atom stereocenters. The molecule has 5 aromatic carbocycles. The number of aryl methyl sites for hydroxylation is 2. The second-order valence-electron chi connectivity index (χ2n) is 14.7. The van der Waals surface area contributed by atoms with Crippen molar-refractivity contribution in [2.45, 2.75) is 25.9 Å². The molecule has 308 valence electrons. The summed E-state index contributed by atoms with van der Waals surface area (Å²) in [5, 5.41) is 8.88. The molecule has 6 rings (SSSR count). The van der Waals surface area contributed by atoms with Crippen molar-refractivity contribution >= 4 is 5.69 Å². The first-order valence-corrected chi connectivity index (χ1v) is 20.2. The SMILES string of the molecule is COCCOCCOCCOc1ccc(C2(c3ccc(COCCOCCOCCO)c(C)c3)c3cc(C)ccc3-c3ccc(-c4ccccc4)cc32)cc1N(C)C. The Morgan fingerprint density at radius 2 is 1.16 bits per heavy atom. The first-order chi connectivity index (χ1) is 28.4. The Bertz CT molecular complexity index is 2050. The monoisotopic (exact) mass is 789 g/mol. The maximum atomic E-state index is 8.88.